The lowest BCUT2D eigenvalue weighted by atomic mass is 10.1. The Labute approximate surface area is 107 Å². The summed E-state index contributed by atoms with van der Waals surface area (Å²) in [4.78, 5) is 14.0. The molecule has 1 aromatic rings. The number of nitriles is 1. The molecule has 2 rings (SSSR count). The van der Waals surface area contributed by atoms with E-state index in [0.29, 0.717) is 23.6 Å². The van der Waals surface area contributed by atoms with Crippen LogP contribution in [0.1, 0.15) is 28.8 Å². The van der Waals surface area contributed by atoms with Crippen molar-refractivity contribution in [2.45, 2.75) is 18.9 Å². The van der Waals surface area contributed by atoms with Crippen molar-refractivity contribution in [2.75, 3.05) is 13.6 Å². The summed E-state index contributed by atoms with van der Waals surface area (Å²) in [6.07, 6.45) is 2.30. The molecular formula is C14H17N3O. The lowest BCUT2D eigenvalue weighted by Crippen LogP contribution is -2.43. The summed E-state index contributed by atoms with van der Waals surface area (Å²) in [5.74, 6) is 0.484. The Balaban J connectivity index is 2.16. The minimum absolute atomic E-state index is 0.0607. The predicted molar refractivity (Wildman–Crippen MR) is 68.8 cm³/mol. The number of hydrogen-bond acceptors (Lipinski definition) is 3. The van der Waals surface area contributed by atoms with Crippen LogP contribution in [0.3, 0.4) is 0 Å². The van der Waals surface area contributed by atoms with Gasteiger partial charge < -0.3 is 10.6 Å². The maximum atomic E-state index is 12.3. The van der Waals surface area contributed by atoms with Crippen LogP contribution in [-0.2, 0) is 0 Å². The number of carbonyl (C=O) groups is 1. The van der Waals surface area contributed by atoms with Crippen molar-refractivity contribution in [1.82, 2.24) is 4.90 Å². The first-order valence-corrected chi connectivity index (χ1v) is 6.14. The molecule has 4 heteroatoms. The molecule has 1 saturated carbocycles. The summed E-state index contributed by atoms with van der Waals surface area (Å²) in [5, 5.41) is 8.84. The van der Waals surface area contributed by atoms with Gasteiger partial charge in [-0.3, -0.25) is 4.79 Å². The highest BCUT2D eigenvalue weighted by atomic mass is 16.2. The molecule has 1 aliphatic rings. The molecule has 1 fully saturated rings. The number of benzene rings is 1. The highest BCUT2D eigenvalue weighted by molar-refractivity contribution is 5.94. The van der Waals surface area contributed by atoms with E-state index in [1.165, 1.54) is 0 Å². The van der Waals surface area contributed by atoms with Crippen LogP contribution in [0.4, 0.5) is 0 Å². The van der Waals surface area contributed by atoms with Gasteiger partial charge in [-0.05, 0) is 37.0 Å². The molecular weight excluding hydrogens is 226 g/mol. The van der Waals surface area contributed by atoms with Gasteiger partial charge in [0.2, 0.25) is 0 Å². The van der Waals surface area contributed by atoms with Gasteiger partial charge in [0.25, 0.3) is 5.91 Å². The summed E-state index contributed by atoms with van der Waals surface area (Å²) < 4.78 is 0. The highest BCUT2D eigenvalue weighted by Gasteiger charge is 2.34. The van der Waals surface area contributed by atoms with Gasteiger partial charge >= 0.3 is 0 Å². The van der Waals surface area contributed by atoms with Gasteiger partial charge in [0.05, 0.1) is 11.6 Å². The summed E-state index contributed by atoms with van der Waals surface area (Å²) in [6, 6.07) is 8.94. The number of nitrogens with zero attached hydrogens (tertiary/aromatic N) is 2. The Kier molecular flexibility index (Phi) is 3.63. The molecule has 1 atom stereocenters. The Morgan fingerprint density at radius 2 is 2.33 bits per heavy atom. The summed E-state index contributed by atoms with van der Waals surface area (Å²) in [5.41, 5.74) is 6.80. The van der Waals surface area contributed by atoms with Crippen LogP contribution in [0.5, 0.6) is 0 Å². The zero-order valence-corrected chi connectivity index (χ0v) is 10.5. The third-order valence-corrected chi connectivity index (χ3v) is 3.46. The van der Waals surface area contributed by atoms with Crippen molar-refractivity contribution in [1.29, 1.82) is 5.26 Å². The molecule has 0 aliphatic heterocycles. The standard InChI is InChI=1S/C14H17N3O/c1-17(13(9-16)11-5-6-11)14(18)12-4-2-3-10(7-12)8-15/h2-4,7,11,13H,5-6,9,16H2,1H3. The summed E-state index contributed by atoms with van der Waals surface area (Å²) >= 11 is 0. The largest absolute Gasteiger partial charge is 0.337 e. The maximum absolute atomic E-state index is 12.3. The molecule has 94 valence electrons. The topological polar surface area (TPSA) is 70.1 Å². The van der Waals surface area contributed by atoms with Crippen molar-refractivity contribution in [3.05, 3.63) is 35.4 Å². The van der Waals surface area contributed by atoms with E-state index >= 15 is 0 Å². The van der Waals surface area contributed by atoms with E-state index in [9.17, 15) is 4.79 Å². The minimum Gasteiger partial charge on any atom is -0.337 e. The van der Waals surface area contributed by atoms with Gasteiger partial charge in [-0.1, -0.05) is 6.07 Å². The SMILES string of the molecule is CN(C(=O)c1cccc(C#N)c1)C(CN)C1CC1. The van der Waals surface area contributed by atoms with Crippen LogP contribution < -0.4 is 5.73 Å². The van der Waals surface area contributed by atoms with Crippen molar-refractivity contribution in [2.24, 2.45) is 11.7 Å². The molecule has 0 spiro atoms. The van der Waals surface area contributed by atoms with E-state index in [2.05, 4.69) is 0 Å². The van der Waals surface area contributed by atoms with Crippen molar-refractivity contribution in [3.63, 3.8) is 0 Å². The number of rotatable bonds is 4. The molecule has 1 aliphatic carbocycles. The van der Waals surface area contributed by atoms with Crippen LogP contribution in [0.25, 0.3) is 0 Å². The van der Waals surface area contributed by atoms with Crippen LogP contribution in [0.2, 0.25) is 0 Å². The second kappa shape index (κ2) is 5.19. The smallest absolute Gasteiger partial charge is 0.253 e. The zero-order valence-electron chi connectivity index (χ0n) is 10.5. The lowest BCUT2D eigenvalue weighted by molar-refractivity contribution is 0.0718. The first kappa shape index (κ1) is 12.6. The first-order chi connectivity index (χ1) is 8.67. The van der Waals surface area contributed by atoms with Gasteiger partial charge in [0.1, 0.15) is 0 Å². The van der Waals surface area contributed by atoms with Crippen molar-refractivity contribution < 1.29 is 4.79 Å². The second-order valence-electron chi connectivity index (χ2n) is 4.75. The average Bonchev–Trinajstić information content (AvgIpc) is 3.23. The van der Waals surface area contributed by atoms with E-state index in [-0.39, 0.29) is 11.9 Å². The Bertz CT molecular complexity index is 488. The molecule has 1 aromatic carbocycles. The molecule has 4 nitrogen and oxygen atoms in total. The van der Waals surface area contributed by atoms with Gasteiger partial charge in [0, 0.05) is 25.2 Å². The fourth-order valence-corrected chi connectivity index (χ4v) is 2.22. The summed E-state index contributed by atoms with van der Waals surface area (Å²) in [7, 11) is 1.79. The second-order valence-corrected chi connectivity index (χ2v) is 4.75. The monoisotopic (exact) mass is 243 g/mol. The number of carbonyl (C=O) groups excluding carboxylic acids is 1. The Morgan fingerprint density at radius 3 is 2.89 bits per heavy atom. The molecule has 1 amide bonds. The number of amides is 1. The zero-order chi connectivity index (χ0) is 13.1. The third kappa shape index (κ3) is 2.52. The van der Waals surface area contributed by atoms with E-state index in [1.807, 2.05) is 6.07 Å². The Morgan fingerprint density at radius 1 is 1.61 bits per heavy atom. The minimum atomic E-state index is -0.0607. The van der Waals surface area contributed by atoms with E-state index < -0.39 is 0 Å². The third-order valence-electron chi connectivity index (χ3n) is 3.46. The molecule has 1 unspecified atom stereocenters. The number of nitrogens with two attached hydrogens (primary N) is 1. The van der Waals surface area contributed by atoms with Gasteiger partial charge in [0.15, 0.2) is 0 Å². The fraction of sp³-hybridized carbons (Fsp3) is 0.429. The van der Waals surface area contributed by atoms with Crippen molar-refractivity contribution in [3.8, 4) is 6.07 Å². The van der Waals surface area contributed by atoms with Gasteiger partial charge in [-0.15, -0.1) is 0 Å². The molecule has 0 bridgehead atoms. The molecule has 0 radical (unpaired) electrons. The van der Waals surface area contributed by atoms with Crippen molar-refractivity contribution >= 4 is 5.91 Å². The number of likely N-dealkylation sites (N-methyl/N-ethyl adjacent to an activating group) is 1. The highest BCUT2D eigenvalue weighted by Crippen LogP contribution is 2.34. The van der Waals surface area contributed by atoms with E-state index in [0.717, 1.165) is 12.8 Å². The summed E-state index contributed by atoms with van der Waals surface area (Å²) in [6.45, 7) is 0.491. The number of hydrogen-bond donors (Lipinski definition) is 1. The Hall–Kier alpha value is -1.86. The van der Waals surface area contributed by atoms with Gasteiger partial charge in [-0.25, -0.2) is 0 Å². The molecule has 18 heavy (non-hydrogen) atoms. The molecule has 0 heterocycles. The molecule has 0 saturated heterocycles. The molecule has 0 aromatic heterocycles. The van der Waals surface area contributed by atoms with E-state index in [4.69, 9.17) is 11.0 Å². The first-order valence-electron chi connectivity index (χ1n) is 6.14. The van der Waals surface area contributed by atoms with Gasteiger partial charge in [-0.2, -0.15) is 5.26 Å². The molecule has 2 N–H and O–H groups in total. The van der Waals surface area contributed by atoms with Crippen LogP contribution in [0.15, 0.2) is 24.3 Å². The maximum Gasteiger partial charge on any atom is 0.253 e. The fourth-order valence-electron chi connectivity index (χ4n) is 2.22. The normalized spacial score (nSPS) is 15.8. The average molecular weight is 243 g/mol. The van der Waals surface area contributed by atoms with Crippen LogP contribution in [-0.4, -0.2) is 30.4 Å². The van der Waals surface area contributed by atoms with E-state index in [1.54, 1.807) is 36.2 Å². The quantitative estimate of drug-likeness (QED) is 0.868. The van der Waals surface area contributed by atoms with Crippen LogP contribution in [0, 0.1) is 17.2 Å². The van der Waals surface area contributed by atoms with Crippen LogP contribution >= 0.6 is 0 Å². The predicted octanol–water partition coefficient (Wildman–Crippen LogP) is 1.37. The lowest BCUT2D eigenvalue weighted by Gasteiger charge is -2.27.